The van der Waals surface area contributed by atoms with Crippen LogP contribution in [-0.2, 0) is 0 Å². The second kappa shape index (κ2) is 4.50. The molecular formula is C12H13BrClN3. The van der Waals surface area contributed by atoms with Gasteiger partial charge in [0, 0.05) is 17.9 Å². The van der Waals surface area contributed by atoms with Crippen LogP contribution in [0.3, 0.4) is 0 Å². The van der Waals surface area contributed by atoms with Crippen LogP contribution in [0.5, 0.6) is 0 Å². The number of imidazole rings is 1. The first-order chi connectivity index (χ1) is 8.25. The van der Waals surface area contributed by atoms with Crippen molar-refractivity contribution in [1.82, 2.24) is 9.38 Å². The van der Waals surface area contributed by atoms with E-state index in [1.54, 1.807) is 0 Å². The largest absolute Gasteiger partial charge is 0.358 e. The highest BCUT2D eigenvalue weighted by Gasteiger charge is 2.19. The molecule has 1 fully saturated rings. The fourth-order valence-corrected chi connectivity index (χ4v) is 2.91. The van der Waals surface area contributed by atoms with Gasteiger partial charge in [-0.3, -0.25) is 4.40 Å². The molecule has 2 aromatic rings. The first-order valence-electron chi connectivity index (χ1n) is 5.75. The van der Waals surface area contributed by atoms with Gasteiger partial charge in [0.05, 0.1) is 16.7 Å². The van der Waals surface area contributed by atoms with Crippen molar-refractivity contribution >= 4 is 38.9 Å². The van der Waals surface area contributed by atoms with E-state index in [1.165, 1.54) is 18.7 Å². The summed E-state index contributed by atoms with van der Waals surface area (Å²) >= 11 is 9.82. The van der Waals surface area contributed by atoms with Gasteiger partial charge in [-0.05, 0) is 25.0 Å². The molecule has 5 heteroatoms. The minimum atomic E-state index is 0.657. The normalized spacial score (nSPS) is 17.9. The molecule has 0 spiro atoms. The molecular weight excluding hydrogens is 302 g/mol. The molecule has 0 aromatic carbocycles. The quantitative estimate of drug-likeness (QED) is 0.753. The van der Waals surface area contributed by atoms with Gasteiger partial charge in [-0.15, -0.1) is 0 Å². The maximum absolute atomic E-state index is 6.15. The Kier molecular flexibility index (Phi) is 3.01. The van der Waals surface area contributed by atoms with Crippen LogP contribution < -0.4 is 4.90 Å². The summed E-state index contributed by atoms with van der Waals surface area (Å²) in [6.45, 7) is 2.15. The first kappa shape index (κ1) is 11.4. The van der Waals surface area contributed by atoms with Crippen LogP contribution in [-0.4, -0.2) is 27.3 Å². The van der Waals surface area contributed by atoms with Crippen molar-refractivity contribution in [3.8, 4) is 0 Å². The van der Waals surface area contributed by atoms with E-state index in [0.717, 1.165) is 23.6 Å². The molecule has 3 heterocycles. The highest BCUT2D eigenvalue weighted by molar-refractivity contribution is 9.09. The second-order valence-corrected chi connectivity index (χ2v) is 6.05. The zero-order valence-corrected chi connectivity index (χ0v) is 11.7. The third-order valence-corrected chi connectivity index (χ3v) is 4.49. The van der Waals surface area contributed by atoms with E-state index < -0.39 is 0 Å². The number of piperidine rings is 1. The molecule has 90 valence electrons. The summed E-state index contributed by atoms with van der Waals surface area (Å²) in [5, 5.41) is 0.752. The van der Waals surface area contributed by atoms with Gasteiger partial charge in [-0.1, -0.05) is 27.5 Å². The lowest BCUT2D eigenvalue weighted by Crippen LogP contribution is -2.34. The molecule has 0 radical (unpaired) electrons. The van der Waals surface area contributed by atoms with Crippen molar-refractivity contribution in [2.45, 2.75) is 17.7 Å². The van der Waals surface area contributed by atoms with E-state index in [-0.39, 0.29) is 0 Å². The zero-order valence-electron chi connectivity index (χ0n) is 9.31. The van der Waals surface area contributed by atoms with E-state index in [2.05, 4.69) is 36.3 Å². The van der Waals surface area contributed by atoms with Crippen molar-refractivity contribution in [1.29, 1.82) is 0 Å². The molecule has 0 atom stereocenters. The van der Waals surface area contributed by atoms with Crippen LogP contribution in [0, 0.1) is 0 Å². The lowest BCUT2D eigenvalue weighted by atomic mass is 10.1. The molecule has 0 amide bonds. The number of halogens is 2. The molecule has 0 bridgehead atoms. The van der Waals surface area contributed by atoms with Gasteiger partial charge < -0.3 is 4.90 Å². The Labute approximate surface area is 114 Å². The van der Waals surface area contributed by atoms with Crippen molar-refractivity contribution < 1.29 is 0 Å². The minimum absolute atomic E-state index is 0.657. The molecule has 3 nitrogen and oxygen atoms in total. The molecule has 0 unspecified atom stereocenters. The van der Waals surface area contributed by atoms with Gasteiger partial charge in [0.25, 0.3) is 0 Å². The Balaban J connectivity index is 2.00. The summed E-state index contributed by atoms with van der Waals surface area (Å²) in [6.07, 6.45) is 6.00. The number of pyridine rings is 1. The summed E-state index contributed by atoms with van der Waals surface area (Å²) in [7, 11) is 0. The van der Waals surface area contributed by atoms with Crippen molar-refractivity contribution in [2.24, 2.45) is 0 Å². The lowest BCUT2D eigenvalue weighted by molar-refractivity contribution is 0.590. The topological polar surface area (TPSA) is 20.5 Å². The van der Waals surface area contributed by atoms with Crippen LogP contribution in [0.15, 0.2) is 24.7 Å². The molecule has 0 N–H and O–H groups in total. The first-order valence-corrected chi connectivity index (χ1v) is 7.04. The average molecular weight is 315 g/mol. The minimum Gasteiger partial charge on any atom is -0.358 e. The molecule has 2 aromatic heterocycles. The van der Waals surface area contributed by atoms with Gasteiger partial charge in [-0.25, -0.2) is 4.98 Å². The van der Waals surface area contributed by atoms with Crippen LogP contribution >= 0.6 is 27.5 Å². The number of hydrogen-bond acceptors (Lipinski definition) is 2. The van der Waals surface area contributed by atoms with Crippen LogP contribution in [0.2, 0.25) is 5.02 Å². The summed E-state index contributed by atoms with van der Waals surface area (Å²) in [5.74, 6) is 1.18. The highest BCUT2D eigenvalue weighted by Crippen LogP contribution is 2.27. The third kappa shape index (κ3) is 2.04. The lowest BCUT2D eigenvalue weighted by Gasteiger charge is -2.31. The van der Waals surface area contributed by atoms with Crippen LogP contribution in [0.4, 0.5) is 5.82 Å². The predicted octanol–water partition coefficient (Wildman–Crippen LogP) is 3.35. The van der Waals surface area contributed by atoms with Gasteiger partial charge in [0.15, 0.2) is 0 Å². The Morgan fingerprint density at radius 3 is 2.82 bits per heavy atom. The molecule has 0 aliphatic carbocycles. The summed E-state index contributed by atoms with van der Waals surface area (Å²) in [4.78, 5) is 7.22. The van der Waals surface area contributed by atoms with Crippen molar-refractivity contribution in [3.63, 3.8) is 0 Å². The Hall–Kier alpha value is -0.740. The van der Waals surface area contributed by atoms with E-state index in [4.69, 9.17) is 11.6 Å². The zero-order chi connectivity index (χ0) is 11.8. The number of hydrogen-bond donors (Lipinski definition) is 0. The van der Waals surface area contributed by atoms with E-state index >= 15 is 0 Å². The van der Waals surface area contributed by atoms with E-state index in [0.29, 0.717) is 4.83 Å². The third-order valence-electron chi connectivity index (χ3n) is 3.26. The number of rotatable bonds is 1. The predicted molar refractivity (Wildman–Crippen MR) is 74.4 cm³/mol. The number of nitrogens with zero attached hydrogens (tertiary/aromatic N) is 3. The van der Waals surface area contributed by atoms with Gasteiger partial charge >= 0.3 is 0 Å². The Bertz CT molecular complexity index is 532. The molecule has 1 aliphatic rings. The van der Waals surface area contributed by atoms with Crippen molar-refractivity contribution in [3.05, 3.63) is 29.7 Å². The smallest absolute Gasteiger partial charge is 0.114 e. The average Bonchev–Trinajstić information content (AvgIpc) is 2.81. The maximum atomic E-state index is 6.15. The number of alkyl halides is 1. The molecule has 17 heavy (non-hydrogen) atoms. The summed E-state index contributed by atoms with van der Waals surface area (Å²) in [6, 6.07) is 4.03. The molecule has 3 rings (SSSR count). The number of aromatic nitrogens is 2. The van der Waals surface area contributed by atoms with Crippen LogP contribution in [0.1, 0.15) is 12.8 Å². The Morgan fingerprint density at radius 2 is 2.06 bits per heavy atom. The van der Waals surface area contributed by atoms with Gasteiger partial charge in [0.2, 0.25) is 0 Å². The Morgan fingerprint density at radius 1 is 1.29 bits per heavy atom. The number of anilines is 1. The second-order valence-electron chi connectivity index (χ2n) is 4.35. The molecule has 0 saturated carbocycles. The summed E-state index contributed by atoms with van der Waals surface area (Å²) in [5.41, 5.74) is 0.977. The summed E-state index contributed by atoms with van der Waals surface area (Å²) < 4.78 is 2.07. The maximum Gasteiger partial charge on any atom is 0.114 e. The highest BCUT2D eigenvalue weighted by atomic mass is 79.9. The van der Waals surface area contributed by atoms with Gasteiger partial charge in [-0.2, -0.15) is 0 Å². The number of fused-ring (bicyclic) bond motifs is 1. The monoisotopic (exact) mass is 313 g/mol. The van der Waals surface area contributed by atoms with Crippen LogP contribution in [0.25, 0.3) is 5.52 Å². The van der Waals surface area contributed by atoms with Crippen molar-refractivity contribution in [2.75, 3.05) is 18.0 Å². The fourth-order valence-electron chi connectivity index (χ4n) is 2.30. The molecule has 1 saturated heterocycles. The fraction of sp³-hybridized carbons (Fsp3) is 0.417. The van der Waals surface area contributed by atoms with E-state index in [1.807, 2.05) is 18.6 Å². The van der Waals surface area contributed by atoms with E-state index in [9.17, 15) is 0 Å². The van der Waals surface area contributed by atoms with Gasteiger partial charge in [0.1, 0.15) is 12.1 Å². The standard InChI is InChI=1S/C12H13BrClN3/c13-9-3-5-16(6-4-9)12-2-1-10(14)11-7-15-8-17(11)12/h1-2,7-9H,3-6H2. The molecule has 1 aliphatic heterocycles. The SMILES string of the molecule is Clc1ccc(N2CCC(Br)CC2)n2cncc12.